The molecule has 194 valence electrons. The van der Waals surface area contributed by atoms with Gasteiger partial charge in [-0.2, -0.15) is 0 Å². The number of likely N-dealkylation sites (tertiary alicyclic amines) is 1. The largest absolute Gasteiger partial charge is 0.497 e. The number of methoxy groups -OCH3 is 1. The number of pyridine rings is 1. The second-order valence-corrected chi connectivity index (χ2v) is 10.2. The fourth-order valence-electron chi connectivity index (χ4n) is 4.72. The molecule has 8 heteroatoms. The predicted molar refractivity (Wildman–Crippen MR) is 150 cm³/mol. The monoisotopic (exact) mass is 526 g/mol. The zero-order valence-electron chi connectivity index (χ0n) is 21.3. The van der Waals surface area contributed by atoms with Crippen molar-refractivity contribution in [2.75, 3.05) is 25.5 Å². The molecule has 4 aromatic rings. The van der Waals surface area contributed by atoms with Gasteiger partial charge in [-0.05, 0) is 48.6 Å². The molecule has 38 heavy (non-hydrogen) atoms. The fraction of sp³-hybridized carbons (Fsp3) is 0.267. The van der Waals surface area contributed by atoms with E-state index in [9.17, 15) is 9.59 Å². The SMILES string of the molecule is COc1ccc(-c2ccccc2)c(NC(=O)c2csc(C3CCN(C(=O)CCc4cccnc4)CC3)n2)c1. The molecule has 1 saturated heterocycles. The van der Waals surface area contributed by atoms with Gasteiger partial charge in [-0.25, -0.2) is 4.98 Å². The summed E-state index contributed by atoms with van der Waals surface area (Å²) < 4.78 is 5.38. The van der Waals surface area contributed by atoms with Crippen LogP contribution in [0.3, 0.4) is 0 Å². The summed E-state index contributed by atoms with van der Waals surface area (Å²) in [5.41, 5.74) is 4.08. The first-order valence-electron chi connectivity index (χ1n) is 12.8. The van der Waals surface area contributed by atoms with Crippen LogP contribution in [0, 0.1) is 0 Å². The number of nitrogens with zero attached hydrogens (tertiary/aromatic N) is 3. The Hall–Kier alpha value is -4.04. The van der Waals surface area contributed by atoms with Gasteiger partial charge in [-0.1, -0.05) is 36.4 Å². The highest BCUT2D eigenvalue weighted by Gasteiger charge is 2.26. The fourth-order valence-corrected chi connectivity index (χ4v) is 5.69. The predicted octanol–water partition coefficient (Wildman–Crippen LogP) is 5.80. The Morgan fingerprint density at radius 1 is 1.08 bits per heavy atom. The summed E-state index contributed by atoms with van der Waals surface area (Å²) in [6, 6.07) is 19.5. The number of aromatic nitrogens is 2. The number of rotatable bonds is 8. The van der Waals surface area contributed by atoms with Gasteiger partial charge in [0.2, 0.25) is 5.91 Å². The smallest absolute Gasteiger partial charge is 0.275 e. The van der Waals surface area contributed by atoms with Crippen LogP contribution in [0.15, 0.2) is 78.4 Å². The van der Waals surface area contributed by atoms with Gasteiger partial charge in [-0.15, -0.1) is 11.3 Å². The van der Waals surface area contributed by atoms with Gasteiger partial charge < -0.3 is 15.0 Å². The number of carbonyl (C=O) groups is 2. The molecular weight excluding hydrogens is 496 g/mol. The summed E-state index contributed by atoms with van der Waals surface area (Å²) in [4.78, 5) is 36.6. The molecule has 2 amide bonds. The van der Waals surface area contributed by atoms with E-state index >= 15 is 0 Å². The first kappa shape index (κ1) is 25.6. The zero-order valence-corrected chi connectivity index (χ0v) is 22.1. The van der Waals surface area contributed by atoms with Gasteiger partial charge in [0, 0.05) is 54.8 Å². The number of thiazole rings is 1. The van der Waals surface area contributed by atoms with Gasteiger partial charge in [0.25, 0.3) is 5.91 Å². The number of nitrogens with one attached hydrogen (secondary N) is 1. The number of carbonyl (C=O) groups excluding carboxylic acids is 2. The number of amides is 2. The molecule has 1 aliphatic heterocycles. The summed E-state index contributed by atoms with van der Waals surface area (Å²) in [7, 11) is 1.61. The van der Waals surface area contributed by atoms with Crippen LogP contribution in [-0.2, 0) is 11.2 Å². The Balaban J connectivity index is 1.19. The van der Waals surface area contributed by atoms with E-state index in [0.717, 1.165) is 34.5 Å². The van der Waals surface area contributed by atoms with Crippen LogP contribution >= 0.6 is 11.3 Å². The summed E-state index contributed by atoms with van der Waals surface area (Å²) in [6.45, 7) is 1.42. The lowest BCUT2D eigenvalue weighted by molar-refractivity contribution is -0.132. The summed E-state index contributed by atoms with van der Waals surface area (Å²) in [6.07, 6.45) is 6.45. The molecule has 3 heterocycles. The Morgan fingerprint density at radius 2 is 1.89 bits per heavy atom. The van der Waals surface area contributed by atoms with Gasteiger partial charge in [-0.3, -0.25) is 14.6 Å². The molecule has 1 N–H and O–H groups in total. The van der Waals surface area contributed by atoms with Crippen molar-refractivity contribution in [1.82, 2.24) is 14.9 Å². The minimum absolute atomic E-state index is 0.180. The molecule has 0 unspecified atom stereocenters. The van der Waals surface area contributed by atoms with Crippen molar-refractivity contribution < 1.29 is 14.3 Å². The Kier molecular flexibility index (Phi) is 8.09. The number of hydrogen-bond donors (Lipinski definition) is 1. The van der Waals surface area contributed by atoms with E-state index < -0.39 is 0 Å². The molecule has 2 aromatic heterocycles. The Labute approximate surface area is 226 Å². The minimum Gasteiger partial charge on any atom is -0.497 e. The van der Waals surface area contributed by atoms with Crippen molar-refractivity contribution in [2.24, 2.45) is 0 Å². The van der Waals surface area contributed by atoms with Crippen molar-refractivity contribution >= 4 is 28.8 Å². The average molecular weight is 527 g/mol. The van der Waals surface area contributed by atoms with Crippen LogP contribution in [0.4, 0.5) is 5.69 Å². The molecule has 0 saturated carbocycles. The molecule has 2 aromatic carbocycles. The molecule has 7 nitrogen and oxygen atoms in total. The van der Waals surface area contributed by atoms with Gasteiger partial charge in [0.1, 0.15) is 11.4 Å². The first-order valence-corrected chi connectivity index (χ1v) is 13.7. The lowest BCUT2D eigenvalue weighted by atomic mass is 9.97. The summed E-state index contributed by atoms with van der Waals surface area (Å²) in [5.74, 6) is 0.848. The molecule has 0 aliphatic carbocycles. The zero-order chi connectivity index (χ0) is 26.3. The van der Waals surface area contributed by atoms with Gasteiger partial charge in [0.15, 0.2) is 0 Å². The van der Waals surface area contributed by atoms with Crippen molar-refractivity contribution in [3.63, 3.8) is 0 Å². The van der Waals surface area contributed by atoms with E-state index in [4.69, 9.17) is 4.74 Å². The highest BCUT2D eigenvalue weighted by atomic mass is 32.1. The maximum Gasteiger partial charge on any atom is 0.275 e. The van der Waals surface area contributed by atoms with E-state index in [1.165, 1.54) is 11.3 Å². The highest BCUT2D eigenvalue weighted by molar-refractivity contribution is 7.10. The third-order valence-electron chi connectivity index (χ3n) is 6.86. The van der Waals surface area contributed by atoms with E-state index in [0.29, 0.717) is 43.1 Å². The minimum atomic E-state index is -0.249. The second kappa shape index (κ2) is 12.0. The van der Waals surface area contributed by atoms with Crippen LogP contribution in [0.1, 0.15) is 46.2 Å². The average Bonchev–Trinajstić information content (AvgIpc) is 3.48. The van der Waals surface area contributed by atoms with Crippen LogP contribution in [-0.4, -0.2) is 46.9 Å². The third-order valence-corrected chi connectivity index (χ3v) is 7.87. The molecule has 0 radical (unpaired) electrons. The molecule has 0 bridgehead atoms. The van der Waals surface area contributed by atoms with Crippen molar-refractivity contribution in [3.05, 3.63) is 94.7 Å². The second-order valence-electron chi connectivity index (χ2n) is 9.32. The van der Waals surface area contributed by atoms with Crippen molar-refractivity contribution in [3.8, 4) is 16.9 Å². The number of benzene rings is 2. The van der Waals surface area contributed by atoms with Crippen LogP contribution in [0.2, 0.25) is 0 Å². The van der Waals surface area contributed by atoms with Crippen LogP contribution in [0.5, 0.6) is 5.75 Å². The highest BCUT2D eigenvalue weighted by Crippen LogP contribution is 2.33. The van der Waals surface area contributed by atoms with Crippen LogP contribution < -0.4 is 10.1 Å². The number of piperidine rings is 1. The quantitative estimate of drug-likeness (QED) is 0.313. The maximum atomic E-state index is 13.2. The third kappa shape index (κ3) is 6.08. The molecular formula is C30H30N4O3S. The standard InChI is InChI=1S/C30H30N4O3S/c1-37-24-10-11-25(22-7-3-2-4-8-22)26(18-24)32-29(36)27-20-38-30(33-27)23-13-16-34(17-14-23)28(35)12-9-21-6-5-15-31-19-21/h2-8,10-11,15,18-20,23H,9,12-14,16-17H2,1H3,(H,32,36). The molecule has 1 aliphatic rings. The number of aryl methyl sites for hydroxylation is 1. The molecule has 5 rings (SSSR count). The molecule has 0 spiro atoms. The number of anilines is 1. The van der Waals surface area contributed by atoms with Gasteiger partial charge >= 0.3 is 0 Å². The molecule has 0 atom stereocenters. The molecule has 1 fully saturated rings. The van der Waals surface area contributed by atoms with Gasteiger partial charge in [0.05, 0.1) is 17.8 Å². The first-order chi connectivity index (χ1) is 18.6. The summed E-state index contributed by atoms with van der Waals surface area (Å²) >= 11 is 1.51. The van der Waals surface area contributed by atoms with Crippen molar-refractivity contribution in [2.45, 2.75) is 31.6 Å². The Bertz CT molecular complexity index is 1380. The lowest BCUT2D eigenvalue weighted by Crippen LogP contribution is -2.38. The normalized spacial score (nSPS) is 13.8. The Morgan fingerprint density at radius 3 is 2.63 bits per heavy atom. The lowest BCUT2D eigenvalue weighted by Gasteiger charge is -2.31. The topological polar surface area (TPSA) is 84.4 Å². The maximum absolute atomic E-state index is 13.2. The van der Waals surface area contributed by atoms with Crippen LogP contribution in [0.25, 0.3) is 11.1 Å². The van der Waals surface area contributed by atoms with Crippen molar-refractivity contribution in [1.29, 1.82) is 0 Å². The number of ether oxygens (including phenoxy) is 1. The summed E-state index contributed by atoms with van der Waals surface area (Å²) in [5, 5.41) is 5.80. The van der Waals surface area contributed by atoms with E-state index in [1.807, 2.05) is 77.1 Å². The van der Waals surface area contributed by atoms with E-state index in [-0.39, 0.29) is 17.7 Å². The number of hydrogen-bond acceptors (Lipinski definition) is 6. The van der Waals surface area contributed by atoms with E-state index in [1.54, 1.807) is 13.3 Å². The van der Waals surface area contributed by atoms with E-state index in [2.05, 4.69) is 15.3 Å².